The van der Waals surface area contributed by atoms with Crippen molar-refractivity contribution < 1.29 is 0 Å². The van der Waals surface area contributed by atoms with Crippen LogP contribution in [0.15, 0.2) is 12.4 Å². The number of nitrogens with zero attached hydrogens (tertiary/aromatic N) is 5. The largest absolute Gasteiger partial charge is 0.369 e. The quantitative estimate of drug-likeness (QED) is 0.731. The van der Waals surface area contributed by atoms with Gasteiger partial charge in [0.2, 0.25) is 5.28 Å². The molecule has 3 heterocycles. The lowest BCUT2D eigenvalue weighted by Crippen LogP contribution is -2.10. The molecule has 3 aromatic rings. The zero-order chi connectivity index (χ0) is 14.8. The van der Waals surface area contributed by atoms with Crippen molar-refractivity contribution in [1.82, 2.24) is 24.7 Å². The molecule has 0 radical (unpaired) electrons. The molecule has 0 spiro atoms. The molecule has 0 unspecified atom stereocenters. The topological polar surface area (TPSA) is 68.5 Å². The van der Waals surface area contributed by atoms with Gasteiger partial charge in [-0.25, -0.2) is 9.97 Å². The third-order valence-electron chi connectivity index (χ3n) is 3.21. The first-order valence-corrected chi connectivity index (χ1v) is 7.89. The highest BCUT2D eigenvalue weighted by atomic mass is 35.5. The van der Waals surface area contributed by atoms with E-state index in [-0.39, 0.29) is 5.28 Å². The molecule has 0 amide bonds. The van der Waals surface area contributed by atoms with E-state index in [9.17, 15) is 0 Å². The zero-order valence-electron chi connectivity index (χ0n) is 11.8. The van der Waals surface area contributed by atoms with Gasteiger partial charge in [0.15, 0.2) is 0 Å². The molecular formula is C13H15ClN6S. The number of thiophene rings is 1. The van der Waals surface area contributed by atoms with E-state index in [1.165, 1.54) is 4.88 Å². The van der Waals surface area contributed by atoms with Crippen LogP contribution in [0.2, 0.25) is 5.28 Å². The van der Waals surface area contributed by atoms with Crippen molar-refractivity contribution in [2.75, 3.05) is 11.9 Å². The van der Waals surface area contributed by atoms with Gasteiger partial charge in [-0.15, -0.1) is 21.5 Å². The van der Waals surface area contributed by atoms with Crippen LogP contribution >= 0.6 is 22.9 Å². The molecule has 0 atom stereocenters. The van der Waals surface area contributed by atoms with Crippen LogP contribution in [-0.4, -0.2) is 31.3 Å². The maximum Gasteiger partial charge on any atom is 0.225 e. The highest BCUT2D eigenvalue weighted by Gasteiger charge is 2.10. The number of nitrogens with one attached hydrogen (secondary N) is 1. The SMILES string of the molecule is CCc1cc2c(NCCc3nncn3C)nc(Cl)nc2s1. The summed E-state index contributed by atoms with van der Waals surface area (Å²) in [6.45, 7) is 2.84. The zero-order valence-corrected chi connectivity index (χ0v) is 13.4. The van der Waals surface area contributed by atoms with Gasteiger partial charge in [-0.1, -0.05) is 6.92 Å². The monoisotopic (exact) mass is 322 g/mol. The summed E-state index contributed by atoms with van der Waals surface area (Å²) >= 11 is 7.66. The Morgan fingerprint density at radius 1 is 1.38 bits per heavy atom. The van der Waals surface area contributed by atoms with Crippen LogP contribution in [0.1, 0.15) is 17.6 Å². The number of hydrogen-bond acceptors (Lipinski definition) is 6. The summed E-state index contributed by atoms with van der Waals surface area (Å²) in [6, 6.07) is 2.13. The summed E-state index contributed by atoms with van der Waals surface area (Å²) < 4.78 is 1.91. The molecule has 3 rings (SSSR count). The second-order valence-electron chi connectivity index (χ2n) is 4.66. The summed E-state index contributed by atoms with van der Waals surface area (Å²) in [6.07, 6.45) is 3.45. The molecule has 0 saturated carbocycles. The van der Waals surface area contributed by atoms with Crippen molar-refractivity contribution >= 4 is 39.0 Å². The average molecular weight is 323 g/mol. The van der Waals surface area contributed by atoms with E-state index in [0.29, 0.717) is 6.54 Å². The molecule has 0 aliphatic rings. The van der Waals surface area contributed by atoms with Gasteiger partial charge >= 0.3 is 0 Å². The molecule has 8 heteroatoms. The first-order valence-electron chi connectivity index (χ1n) is 6.70. The molecule has 21 heavy (non-hydrogen) atoms. The van der Waals surface area contributed by atoms with Gasteiger partial charge in [0.25, 0.3) is 0 Å². The molecule has 0 aliphatic heterocycles. The normalized spacial score (nSPS) is 11.2. The van der Waals surface area contributed by atoms with Gasteiger partial charge in [-0.05, 0) is 24.1 Å². The lowest BCUT2D eigenvalue weighted by molar-refractivity contribution is 0.787. The van der Waals surface area contributed by atoms with Gasteiger partial charge in [0.05, 0.1) is 5.39 Å². The lowest BCUT2D eigenvalue weighted by atomic mass is 10.3. The van der Waals surface area contributed by atoms with Gasteiger partial charge in [0.1, 0.15) is 22.8 Å². The molecule has 3 aromatic heterocycles. The van der Waals surface area contributed by atoms with Crippen molar-refractivity contribution in [2.45, 2.75) is 19.8 Å². The Bertz CT molecular complexity index is 765. The van der Waals surface area contributed by atoms with Crippen molar-refractivity contribution in [3.05, 3.63) is 28.4 Å². The first kappa shape index (κ1) is 14.2. The number of rotatable bonds is 5. The van der Waals surface area contributed by atoms with Crippen molar-refractivity contribution in [1.29, 1.82) is 0 Å². The maximum atomic E-state index is 6.00. The number of aryl methyl sites for hydroxylation is 2. The third kappa shape index (κ3) is 2.98. The fourth-order valence-corrected chi connectivity index (χ4v) is 3.27. The minimum absolute atomic E-state index is 0.271. The minimum Gasteiger partial charge on any atom is -0.369 e. The van der Waals surface area contributed by atoms with Crippen LogP contribution in [0.3, 0.4) is 0 Å². The number of hydrogen-bond donors (Lipinski definition) is 1. The molecular weight excluding hydrogens is 308 g/mol. The summed E-state index contributed by atoms with van der Waals surface area (Å²) in [5.74, 6) is 1.71. The number of aromatic nitrogens is 5. The van der Waals surface area contributed by atoms with Crippen molar-refractivity contribution in [3.8, 4) is 0 Å². The molecule has 0 aliphatic carbocycles. The van der Waals surface area contributed by atoms with Crippen molar-refractivity contribution in [3.63, 3.8) is 0 Å². The Morgan fingerprint density at radius 3 is 2.95 bits per heavy atom. The Labute approximate surface area is 131 Å². The summed E-state index contributed by atoms with van der Waals surface area (Å²) in [5, 5.41) is 12.5. The highest BCUT2D eigenvalue weighted by molar-refractivity contribution is 7.18. The van der Waals surface area contributed by atoms with E-state index in [1.54, 1.807) is 17.7 Å². The Balaban J connectivity index is 1.79. The van der Waals surface area contributed by atoms with E-state index in [0.717, 1.165) is 34.7 Å². The Hall–Kier alpha value is -1.73. The standard InChI is InChI=1S/C13H15ClN6S/c1-3-8-6-9-11(17-13(14)18-12(9)21-8)15-5-4-10-19-16-7-20(10)2/h6-7H,3-5H2,1-2H3,(H,15,17,18). The summed E-state index contributed by atoms with van der Waals surface area (Å²) in [4.78, 5) is 10.8. The minimum atomic E-state index is 0.271. The number of halogens is 1. The molecule has 0 bridgehead atoms. The predicted octanol–water partition coefficient (Wildman–Crippen LogP) is 2.69. The lowest BCUT2D eigenvalue weighted by Gasteiger charge is -2.06. The predicted molar refractivity (Wildman–Crippen MR) is 85.0 cm³/mol. The fourth-order valence-electron chi connectivity index (χ4n) is 2.08. The maximum absolute atomic E-state index is 6.00. The first-order chi connectivity index (χ1) is 10.2. The Morgan fingerprint density at radius 2 is 2.24 bits per heavy atom. The second-order valence-corrected chi connectivity index (χ2v) is 6.11. The van der Waals surface area contributed by atoms with Crippen LogP contribution in [0.4, 0.5) is 5.82 Å². The molecule has 0 fully saturated rings. The van der Waals surface area contributed by atoms with Gasteiger partial charge in [0, 0.05) is 24.9 Å². The van der Waals surface area contributed by atoms with Crippen LogP contribution in [0.25, 0.3) is 10.2 Å². The number of anilines is 1. The average Bonchev–Trinajstić information content (AvgIpc) is 3.05. The molecule has 0 aromatic carbocycles. The van der Waals surface area contributed by atoms with E-state index >= 15 is 0 Å². The third-order valence-corrected chi connectivity index (χ3v) is 4.55. The van der Waals surface area contributed by atoms with Gasteiger partial charge in [-0.3, -0.25) is 0 Å². The highest BCUT2D eigenvalue weighted by Crippen LogP contribution is 2.30. The van der Waals surface area contributed by atoms with Gasteiger partial charge in [-0.2, -0.15) is 0 Å². The molecule has 1 N–H and O–H groups in total. The molecule has 110 valence electrons. The van der Waals surface area contributed by atoms with Crippen LogP contribution in [0, 0.1) is 0 Å². The fraction of sp³-hybridized carbons (Fsp3) is 0.385. The van der Waals surface area contributed by atoms with E-state index in [1.807, 2.05) is 11.6 Å². The van der Waals surface area contributed by atoms with Crippen LogP contribution < -0.4 is 5.32 Å². The van der Waals surface area contributed by atoms with Crippen LogP contribution in [0.5, 0.6) is 0 Å². The summed E-state index contributed by atoms with van der Waals surface area (Å²) in [5.41, 5.74) is 0. The van der Waals surface area contributed by atoms with Crippen molar-refractivity contribution in [2.24, 2.45) is 7.05 Å². The van der Waals surface area contributed by atoms with Crippen LogP contribution in [-0.2, 0) is 19.9 Å². The van der Waals surface area contributed by atoms with E-state index < -0.39 is 0 Å². The molecule has 0 saturated heterocycles. The smallest absolute Gasteiger partial charge is 0.225 e. The second kappa shape index (κ2) is 5.95. The van der Waals surface area contributed by atoms with E-state index in [2.05, 4.69) is 38.5 Å². The summed E-state index contributed by atoms with van der Waals surface area (Å²) in [7, 11) is 1.93. The molecule has 6 nitrogen and oxygen atoms in total. The van der Waals surface area contributed by atoms with E-state index in [4.69, 9.17) is 11.6 Å². The van der Waals surface area contributed by atoms with Gasteiger partial charge < -0.3 is 9.88 Å². The number of fused-ring (bicyclic) bond motifs is 1. The Kier molecular flexibility index (Phi) is 4.03.